The molecule has 1 heterocycles. The zero-order valence-electron chi connectivity index (χ0n) is 16.8. The number of carbonyl (C=O) groups excluding carboxylic acids is 1. The number of fused-ring (bicyclic) bond motifs is 3. The predicted molar refractivity (Wildman–Crippen MR) is 117 cm³/mol. The molecule has 0 fully saturated rings. The average Bonchev–Trinajstić information content (AvgIpc) is 3.01. The zero-order chi connectivity index (χ0) is 22.0. The van der Waals surface area contributed by atoms with Crippen LogP contribution in [0.1, 0.15) is 23.2 Å². The van der Waals surface area contributed by atoms with Crippen molar-refractivity contribution in [3.63, 3.8) is 0 Å². The number of carbonyl (C=O) groups is 2. The van der Waals surface area contributed by atoms with E-state index in [0.717, 1.165) is 23.2 Å². The number of carboxylic acids is 1. The fourth-order valence-corrected chi connectivity index (χ4v) is 4.64. The lowest BCUT2D eigenvalue weighted by Gasteiger charge is -2.25. The fourth-order valence-electron chi connectivity index (χ4n) is 4.33. The first-order valence-electron chi connectivity index (χ1n) is 10.2. The van der Waals surface area contributed by atoms with Crippen molar-refractivity contribution in [2.75, 3.05) is 6.54 Å². The lowest BCUT2D eigenvalue weighted by molar-refractivity contribution is -0.137. The monoisotopic (exact) mass is 443 g/mol. The molecule has 3 aromatic rings. The van der Waals surface area contributed by atoms with Gasteiger partial charge < -0.3 is 20.3 Å². The van der Waals surface area contributed by atoms with Crippen LogP contribution in [0.25, 0.3) is 10.9 Å². The van der Waals surface area contributed by atoms with Gasteiger partial charge in [-0.1, -0.05) is 41.9 Å². The molecule has 0 radical (unpaired) electrons. The largest absolute Gasteiger partial charge is 0.480 e. The first kappa shape index (κ1) is 21.2. The van der Waals surface area contributed by atoms with E-state index in [-0.39, 0.29) is 23.6 Å². The van der Waals surface area contributed by atoms with Crippen molar-refractivity contribution in [1.82, 2.24) is 15.2 Å². The van der Waals surface area contributed by atoms with Crippen LogP contribution < -0.4 is 10.6 Å². The average molecular weight is 444 g/mol. The van der Waals surface area contributed by atoms with E-state index in [0.29, 0.717) is 36.7 Å². The van der Waals surface area contributed by atoms with Gasteiger partial charge in [-0.3, -0.25) is 4.79 Å². The van der Waals surface area contributed by atoms with Crippen molar-refractivity contribution in [2.24, 2.45) is 0 Å². The topological polar surface area (TPSA) is 83.4 Å². The fraction of sp³-hybridized carbons (Fsp3) is 0.304. The van der Waals surface area contributed by atoms with Gasteiger partial charge in [-0.25, -0.2) is 9.18 Å². The Morgan fingerprint density at radius 3 is 2.74 bits per heavy atom. The number of aliphatic carboxylic acids is 1. The van der Waals surface area contributed by atoms with Crippen molar-refractivity contribution < 1.29 is 19.1 Å². The zero-order valence-corrected chi connectivity index (χ0v) is 17.6. The number of halogens is 2. The summed E-state index contributed by atoms with van der Waals surface area (Å²) < 4.78 is 15.7. The third-order valence-corrected chi connectivity index (χ3v) is 5.94. The second-order valence-corrected chi connectivity index (χ2v) is 8.17. The van der Waals surface area contributed by atoms with Gasteiger partial charge in [-0.05, 0) is 48.9 Å². The predicted octanol–water partition coefficient (Wildman–Crippen LogP) is 3.92. The summed E-state index contributed by atoms with van der Waals surface area (Å²) in [7, 11) is 0. The van der Waals surface area contributed by atoms with E-state index < -0.39 is 11.8 Å². The quantitative estimate of drug-likeness (QED) is 0.540. The van der Waals surface area contributed by atoms with E-state index in [1.165, 1.54) is 12.1 Å². The SMILES string of the molecule is O=C(O)Cn1c2c(c3cc(F)cc(Cl)c31)CC(NC(=O)NCCc1ccccc1)CC2. The van der Waals surface area contributed by atoms with Crippen LogP contribution in [0.2, 0.25) is 5.02 Å². The lowest BCUT2D eigenvalue weighted by atomic mass is 9.91. The molecule has 1 aromatic heterocycles. The second kappa shape index (κ2) is 8.98. The summed E-state index contributed by atoms with van der Waals surface area (Å²) >= 11 is 6.27. The number of nitrogens with zero attached hydrogens (tertiary/aromatic N) is 1. The normalized spacial score (nSPS) is 15.5. The van der Waals surface area contributed by atoms with E-state index in [1.54, 1.807) is 4.57 Å². The van der Waals surface area contributed by atoms with E-state index in [2.05, 4.69) is 10.6 Å². The van der Waals surface area contributed by atoms with Crippen LogP contribution in [0.5, 0.6) is 0 Å². The number of urea groups is 1. The molecule has 0 bridgehead atoms. The van der Waals surface area contributed by atoms with Gasteiger partial charge in [-0.15, -0.1) is 0 Å². The maximum Gasteiger partial charge on any atom is 0.323 e. The molecule has 162 valence electrons. The molecule has 0 spiro atoms. The van der Waals surface area contributed by atoms with Gasteiger partial charge in [0.15, 0.2) is 0 Å². The van der Waals surface area contributed by atoms with E-state index >= 15 is 0 Å². The minimum absolute atomic E-state index is 0.129. The van der Waals surface area contributed by atoms with Crippen LogP contribution >= 0.6 is 11.6 Å². The summed E-state index contributed by atoms with van der Waals surface area (Å²) in [6.07, 6.45) is 2.47. The van der Waals surface area contributed by atoms with E-state index in [1.807, 2.05) is 30.3 Å². The molecule has 1 unspecified atom stereocenters. The molecule has 31 heavy (non-hydrogen) atoms. The number of aromatic nitrogens is 1. The van der Waals surface area contributed by atoms with Crippen LogP contribution in [0.4, 0.5) is 9.18 Å². The summed E-state index contributed by atoms with van der Waals surface area (Å²) in [5.41, 5.74) is 3.37. The summed E-state index contributed by atoms with van der Waals surface area (Å²) in [4.78, 5) is 23.7. The van der Waals surface area contributed by atoms with Crippen molar-refractivity contribution in [2.45, 2.75) is 38.3 Å². The number of carboxylic acid groups (broad SMARTS) is 1. The Morgan fingerprint density at radius 2 is 2.00 bits per heavy atom. The highest BCUT2D eigenvalue weighted by atomic mass is 35.5. The molecular formula is C23H23ClFN3O3. The number of amides is 2. The van der Waals surface area contributed by atoms with E-state index in [9.17, 15) is 19.1 Å². The lowest BCUT2D eigenvalue weighted by Crippen LogP contribution is -2.45. The van der Waals surface area contributed by atoms with Gasteiger partial charge in [0.1, 0.15) is 12.4 Å². The molecule has 0 saturated heterocycles. The van der Waals surface area contributed by atoms with Crippen molar-refractivity contribution in [1.29, 1.82) is 0 Å². The molecule has 1 aliphatic carbocycles. The van der Waals surface area contributed by atoms with Crippen LogP contribution in [0.3, 0.4) is 0 Å². The third kappa shape index (κ3) is 4.66. The maximum atomic E-state index is 14.0. The Kier molecular flexibility index (Phi) is 6.13. The van der Waals surface area contributed by atoms with Gasteiger partial charge in [0, 0.05) is 23.7 Å². The summed E-state index contributed by atoms with van der Waals surface area (Å²) in [5.74, 6) is -1.46. The highest BCUT2D eigenvalue weighted by Gasteiger charge is 2.28. The van der Waals surface area contributed by atoms with E-state index in [4.69, 9.17) is 11.6 Å². The Balaban J connectivity index is 1.47. The molecule has 2 aromatic carbocycles. The van der Waals surface area contributed by atoms with Crippen LogP contribution in [-0.2, 0) is 30.6 Å². The van der Waals surface area contributed by atoms with Crippen molar-refractivity contribution >= 4 is 34.5 Å². The molecule has 8 heteroatoms. The van der Waals surface area contributed by atoms with Crippen LogP contribution in [-0.4, -0.2) is 34.3 Å². The molecule has 1 aliphatic rings. The molecule has 3 N–H and O–H groups in total. The smallest absolute Gasteiger partial charge is 0.323 e. The second-order valence-electron chi connectivity index (χ2n) is 7.76. The summed E-state index contributed by atoms with van der Waals surface area (Å²) in [5, 5.41) is 16.0. The van der Waals surface area contributed by atoms with Crippen molar-refractivity contribution in [3.05, 3.63) is 70.1 Å². The highest BCUT2D eigenvalue weighted by Crippen LogP contribution is 2.36. The highest BCUT2D eigenvalue weighted by molar-refractivity contribution is 6.35. The molecule has 4 rings (SSSR count). The van der Waals surface area contributed by atoms with Gasteiger partial charge in [0.05, 0.1) is 10.5 Å². The number of hydrogen-bond donors (Lipinski definition) is 3. The summed E-state index contributed by atoms with van der Waals surface area (Å²) in [6.45, 7) is 0.280. The minimum atomic E-state index is -0.988. The maximum absolute atomic E-state index is 14.0. The molecule has 0 aliphatic heterocycles. The van der Waals surface area contributed by atoms with Gasteiger partial charge >= 0.3 is 12.0 Å². The third-order valence-electron chi connectivity index (χ3n) is 5.65. The van der Waals surface area contributed by atoms with Gasteiger partial charge in [-0.2, -0.15) is 0 Å². The first-order chi connectivity index (χ1) is 14.9. The first-order valence-corrected chi connectivity index (χ1v) is 10.6. The van der Waals surface area contributed by atoms with Crippen molar-refractivity contribution in [3.8, 4) is 0 Å². The molecular weight excluding hydrogens is 421 g/mol. The molecule has 0 saturated carbocycles. The minimum Gasteiger partial charge on any atom is -0.480 e. The molecule has 1 atom stereocenters. The van der Waals surface area contributed by atoms with Gasteiger partial charge in [0.2, 0.25) is 0 Å². The number of hydrogen-bond acceptors (Lipinski definition) is 2. The number of benzene rings is 2. The Hall–Kier alpha value is -3.06. The Morgan fingerprint density at radius 1 is 1.23 bits per heavy atom. The number of rotatable bonds is 6. The summed E-state index contributed by atoms with van der Waals surface area (Å²) in [6, 6.07) is 12.1. The molecule has 2 amide bonds. The Bertz CT molecular complexity index is 1130. The van der Waals surface area contributed by atoms with Crippen LogP contribution in [0.15, 0.2) is 42.5 Å². The van der Waals surface area contributed by atoms with Gasteiger partial charge in [0.25, 0.3) is 0 Å². The Labute approximate surface area is 184 Å². The molecule has 6 nitrogen and oxygen atoms in total. The van der Waals surface area contributed by atoms with Crippen LogP contribution in [0, 0.1) is 5.82 Å². The standard InChI is InChI=1S/C23H23ClFN3O3/c24-19-11-15(25)10-18-17-12-16(6-7-20(17)28(22(18)19)13-21(29)30)27-23(31)26-9-8-14-4-2-1-3-5-14/h1-5,10-11,16H,6-9,12-13H2,(H,29,30)(H2,26,27,31). The number of nitrogens with one attached hydrogen (secondary N) is 2.